The number of carbonyl (C=O) groups excluding carboxylic acids is 1. The van der Waals surface area contributed by atoms with E-state index in [0.29, 0.717) is 27.2 Å². The van der Waals surface area contributed by atoms with E-state index in [9.17, 15) is 4.79 Å². The Morgan fingerprint density at radius 3 is 2.74 bits per heavy atom. The molecule has 0 fully saturated rings. The second-order valence-electron chi connectivity index (χ2n) is 5.24. The minimum atomic E-state index is -0.370. The molecule has 0 saturated carbocycles. The van der Waals surface area contributed by atoms with Gasteiger partial charge in [0.2, 0.25) is 0 Å². The number of hydrogen-bond acceptors (Lipinski definition) is 5. The van der Waals surface area contributed by atoms with Gasteiger partial charge in [0.15, 0.2) is 5.09 Å². The Hall–Kier alpha value is -2.22. The molecule has 0 aliphatic heterocycles. The average molecular weight is 466 g/mol. The van der Waals surface area contributed by atoms with Crippen LogP contribution >= 0.6 is 39.3 Å². The molecule has 2 aromatic carbocycles. The molecule has 0 aliphatic rings. The van der Waals surface area contributed by atoms with Crippen molar-refractivity contribution < 1.29 is 13.9 Å². The highest BCUT2D eigenvalue weighted by Gasteiger charge is 2.12. The van der Waals surface area contributed by atoms with Crippen LogP contribution in [-0.4, -0.2) is 19.2 Å². The van der Waals surface area contributed by atoms with Crippen molar-refractivity contribution in [1.29, 1.82) is 0 Å². The van der Waals surface area contributed by atoms with Crippen molar-refractivity contribution in [2.45, 2.75) is 9.99 Å². The fourth-order valence-corrected chi connectivity index (χ4v) is 3.61. The van der Waals surface area contributed by atoms with Gasteiger partial charge in [-0.1, -0.05) is 35.5 Å². The molecule has 0 spiro atoms. The van der Waals surface area contributed by atoms with Crippen molar-refractivity contribution in [3.63, 3.8) is 0 Å². The molecule has 3 rings (SSSR count). The zero-order valence-electron chi connectivity index (χ0n) is 14.1. The van der Waals surface area contributed by atoms with E-state index in [1.54, 1.807) is 30.3 Å². The molecule has 0 saturated heterocycles. The van der Waals surface area contributed by atoms with Crippen LogP contribution in [0.1, 0.15) is 16.1 Å². The van der Waals surface area contributed by atoms with Gasteiger partial charge in [-0.25, -0.2) is 5.43 Å². The first-order valence-corrected chi connectivity index (χ1v) is 9.74. The predicted octanol–water partition coefficient (Wildman–Crippen LogP) is 5.62. The zero-order chi connectivity index (χ0) is 19.2. The lowest BCUT2D eigenvalue weighted by Crippen LogP contribution is -2.18. The van der Waals surface area contributed by atoms with Crippen molar-refractivity contribution in [1.82, 2.24) is 5.43 Å². The molecule has 138 valence electrons. The third-order valence-electron chi connectivity index (χ3n) is 3.41. The molecule has 1 amide bonds. The Bertz CT molecular complexity index is 973. The first-order valence-electron chi connectivity index (χ1n) is 7.76. The van der Waals surface area contributed by atoms with E-state index in [1.165, 1.54) is 25.1 Å². The van der Waals surface area contributed by atoms with Crippen molar-refractivity contribution in [3.8, 4) is 5.75 Å². The lowest BCUT2D eigenvalue weighted by Gasteiger charge is -2.05. The van der Waals surface area contributed by atoms with Crippen LogP contribution in [0, 0.1) is 0 Å². The summed E-state index contributed by atoms with van der Waals surface area (Å²) in [5.74, 6) is 0.608. The summed E-state index contributed by atoms with van der Waals surface area (Å²) in [6.45, 7) is 0. The van der Waals surface area contributed by atoms with E-state index >= 15 is 0 Å². The molecule has 5 nitrogen and oxygen atoms in total. The summed E-state index contributed by atoms with van der Waals surface area (Å²) in [6.07, 6.45) is 1.43. The molecule has 1 heterocycles. The number of rotatable bonds is 6. The van der Waals surface area contributed by atoms with E-state index in [2.05, 4.69) is 26.5 Å². The second-order valence-corrected chi connectivity index (χ2v) is 7.58. The highest BCUT2D eigenvalue weighted by Crippen LogP contribution is 2.35. The standard InChI is InChI=1S/C19H14BrClN2O3S/c1-25-17-5-3-2-4-15(17)18(24)23-22-11-13-10-16(20)19(26-13)27-14-8-6-12(21)7-9-14/h2-11H,1H3,(H,23,24)/b22-11-. The Labute approximate surface area is 173 Å². The number of benzene rings is 2. The van der Waals surface area contributed by atoms with E-state index in [4.69, 9.17) is 20.8 Å². The van der Waals surface area contributed by atoms with E-state index in [-0.39, 0.29) is 5.91 Å². The summed E-state index contributed by atoms with van der Waals surface area (Å²) in [5.41, 5.74) is 2.86. The smallest absolute Gasteiger partial charge is 0.275 e. The molecule has 1 N–H and O–H groups in total. The fourth-order valence-electron chi connectivity index (χ4n) is 2.16. The van der Waals surface area contributed by atoms with Crippen molar-refractivity contribution in [2.24, 2.45) is 5.10 Å². The number of ether oxygens (including phenoxy) is 1. The van der Waals surface area contributed by atoms with Gasteiger partial charge >= 0.3 is 0 Å². The summed E-state index contributed by atoms with van der Waals surface area (Å²) >= 11 is 10.8. The number of furan rings is 1. The van der Waals surface area contributed by atoms with Crippen molar-refractivity contribution in [3.05, 3.63) is 75.4 Å². The number of halogens is 2. The van der Waals surface area contributed by atoms with Crippen LogP contribution < -0.4 is 10.2 Å². The summed E-state index contributed by atoms with van der Waals surface area (Å²) in [5, 5.41) is 5.30. The minimum Gasteiger partial charge on any atom is -0.496 e. The lowest BCUT2D eigenvalue weighted by molar-refractivity contribution is 0.0952. The van der Waals surface area contributed by atoms with Gasteiger partial charge < -0.3 is 9.15 Å². The SMILES string of the molecule is COc1ccccc1C(=O)N/N=C\c1cc(Br)c(Sc2ccc(Cl)cc2)o1. The van der Waals surface area contributed by atoms with E-state index in [0.717, 1.165) is 9.37 Å². The number of carbonyl (C=O) groups is 1. The zero-order valence-corrected chi connectivity index (χ0v) is 17.3. The second kappa shape index (κ2) is 9.12. The minimum absolute atomic E-state index is 0.370. The first kappa shape index (κ1) is 19.5. The Balaban J connectivity index is 1.65. The average Bonchev–Trinajstić information content (AvgIpc) is 3.02. The highest BCUT2D eigenvalue weighted by atomic mass is 79.9. The monoisotopic (exact) mass is 464 g/mol. The Morgan fingerprint density at radius 1 is 1.26 bits per heavy atom. The largest absolute Gasteiger partial charge is 0.496 e. The third-order valence-corrected chi connectivity index (χ3v) is 5.51. The van der Waals surface area contributed by atoms with Gasteiger partial charge in [0, 0.05) is 16.0 Å². The number of hydrazone groups is 1. The van der Waals surface area contributed by atoms with Gasteiger partial charge in [0.25, 0.3) is 5.91 Å². The topological polar surface area (TPSA) is 63.8 Å². The number of methoxy groups -OCH3 is 1. The van der Waals surface area contributed by atoms with Gasteiger partial charge in [-0.3, -0.25) is 4.79 Å². The van der Waals surface area contributed by atoms with Crippen molar-refractivity contribution >= 4 is 51.4 Å². The quantitative estimate of drug-likeness (QED) is 0.379. The summed E-state index contributed by atoms with van der Waals surface area (Å²) in [7, 11) is 1.51. The molecule has 27 heavy (non-hydrogen) atoms. The van der Waals surface area contributed by atoms with Crippen LogP contribution in [0.15, 0.2) is 78.6 Å². The molecule has 0 radical (unpaired) electrons. The maximum atomic E-state index is 12.2. The summed E-state index contributed by atoms with van der Waals surface area (Å²) < 4.78 is 11.7. The van der Waals surface area contributed by atoms with Crippen LogP contribution in [0.2, 0.25) is 5.02 Å². The van der Waals surface area contributed by atoms with Crippen LogP contribution in [0.5, 0.6) is 5.75 Å². The molecular weight excluding hydrogens is 452 g/mol. The maximum Gasteiger partial charge on any atom is 0.275 e. The van der Waals surface area contributed by atoms with E-state index in [1.807, 2.05) is 24.3 Å². The molecule has 3 aromatic rings. The Kier molecular flexibility index (Phi) is 6.60. The number of amides is 1. The Morgan fingerprint density at radius 2 is 2.00 bits per heavy atom. The fraction of sp³-hybridized carbons (Fsp3) is 0.0526. The van der Waals surface area contributed by atoms with E-state index < -0.39 is 0 Å². The van der Waals surface area contributed by atoms with Gasteiger partial charge in [0.05, 0.1) is 23.4 Å². The number of nitrogens with one attached hydrogen (secondary N) is 1. The van der Waals surface area contributed by atoms with Crippen LogP contribution in [-0.2, 0) is 0 Å². The van der Waals surface area contributed by atoms with Crippen molar-refractivity contribution in [2.75, 3.05) is 7.11 Å². The summed E-state index contributed by atoms with van der Waals surface area (Å²) in [6, 6.07) is 16.1. The lowest BCUT2D eigenvalue weighted by atomic mass is 10.2. The molecule has 0 bridgehead atoms. The molecular formula is C19H14BrClN2O3S. The summed E-state index contributed by atoms with van der Waals surface area (Å²) in [4.78, 5) is 13.2. The number of hydrogen-bond donors (Lipinski definition) is 1. The first-order chi connectivity index (χ1) is 13.1. The van der Waals surface area contributed by atoms with Gasteiger partial charge in [-0.2, -0.15) is 5.10 Å². The molecule has 0 unspecified atom stereocenters. The molecule has 1 aromatic heterocycles. The predicted molar refractivity (Wildman–Crippen MR) is 110 cm³/mol. The normalized spacial score (nSPS) is 10.9. The molecule has 8 heteroatoms. The molecule has 0 atom stereocenters. The van der Waals surface area contributed by atoms with Gasteiger partial charge in [-0.05, 0) is 52.3 Å². The van der Waals surface area contributed by atoms with Gasteiger partial charge in [0.1, 0.15) is 11.5 Å². The third kappa shape index (κ3) is 5.15. The number of para-hydroxylation sites is 1. The van der Waals surface area contributed by atoms with Gasteiger partial charge in [-0.15, -0.1) is 0 Å². The van der Waals surface area contributed by atoms with Crippen LogP contribution in [0.25, 0.3) is 0 Å². The highest BCUT2D eigenvalue weighted by molar-refractivity contribution is 9.10. The van der Waals surface area contributed by atoms with Crippen LogP contribution in [0.4, 0.5) is 0 Å². The number of nitrogens with zero attached hydrogens (tertiary/aromatic N) is 1. The molecule has 0 aliphatic carbocycles. The van der Waals surface area contributed by atoms with Crippen LogP contribution in [0.3, 0.4) is 0 Å². The maximum absolute atomic E-state index is 12.2.